The third-order valence-electron chi connectivity index (χ3n) is 4.37. The van der Waals surface area contributed by atoms with Crippen LogP contribution in [-0.4, -0.2) is 37.0 Å². The molecule has 1 saturated carbocycles. The standard InChI is InChI=1S/C14H26N2O/c1-16(13-8-4-2-3-5-9-13)14(17)12-7-6-10-15-11-12/h12-13,15H,2-11H2,1H3/t12-/m1/s1. The van der Waals surface area contributed by atoms with E-state index in [1.165, 1.54) is 38.5 Å². The SMILES string of the molecule is CN(C(=O)[C@@H]1CCCNC1)C1CCCCCC1. The fourth-order valence-electron chi connectivity index (χ4n) is 3.18. The third kappa shape index (κ3) is 3.44. The van der Waals surface area contributed by atoms with Gasteiger partial charge in [-0.15, -0.1) is 0 Å². The van der Waals surface area contributed by atoms with Crippen LogP contribution >= 0.6 is 0 Å². The molecule has 3 nitrogen and oxygen atoms in total. The van der Waals surface area contributed by atoms with Crippen molar-refractivity contribution in [2.75, 3.05) is 20.1 Å². The maximum atomic E-state index is 12.4. The molecular weight excluding hydrogens is 212 g/mol. The molecule has 2 rings (SSSR count). The summed E-state index contributed by atoms with van der Waals surface area (Å²) in [6.45, 7) is 1.97. The predicted octanol–water partition coefficient (Wildman–Crippen LogP) is 2.17. The highest BCUT2D eigenvalue weighted by molar-refractivity contribution is 5.79. The van der Waals surface area contributed by atoms with Crippen molar-refractivity contribution in [2.45, 2.75) is 57.4 Å². The van der Waals surface area contributed by atoms with Gasteiger partial charge < -0.3 is 10.2 Å². The lowest BCUT2D eigenvalue weighted by atomic mass is 9.96. The normalized spacial score (nSPS) is 27.5. The second-order valence-corrected chi connectivity index (χ2v) is 5.64. The highest BCUT2D eigenvalue weighted by atomic mass is 16.2. The summed E-state index contributed by atoms with van der Waals surface area (Å²) in [7, 11) is 2.02. The van der Waals surface area contributed by atoms with Gasteiger partial charge in [-0.1, -0.05) is 25.7 Å². The predicted molar refractivity (Wildman–Crippen MR) is 69.9 cm³/mol. The Morgan fingerprint density at radius 3 is 2.35 bits per heavy atom. The highest BCUT2D eigenvalue weighted by Crippen LogP contribution is 2.23. The Bertz CT molecular complexity index is 241. The zero-order valence-corrected chi connectivity index (χ0v) is 11.1. The number of nitrogens with one attached hydrogen (secondary N) is 1. The van der Waals surface area contributed by atoms with Crippen LogP contribution in [0.25, 0.3) is 0 Å². The molecule has 0 spiro atoms. The lowest BCUT2D eigenvalue weighted by molar-refractivity contribution is -0.137. The molecular formula is C14H26N2O. The van der Waals surface area contributed by atoms with E-state index in [0.29, 0.717) is 11.9 Å². The van der Waals surface area contributed by atoms with E-state index in [4.69, 9.17) is 0 Å². The van der Waals surface area contributed by atoms with Crippen molar-refractivity contribution in [3.8, 4) is 0 Å². The van der Waals surface area contributed by atoms with E-state index in [-0.39, 0.29) is 5.92 Å². The minimum atomic E-state index is 0.233. The van der Waals surface area contributed by atoms with Crippen molar-refractivity contribution in [3.05, 3.63) is 0 Å². The second kappa shape index (κ2) is 6.39. The van der Waals surface area contributed by atoms with Crippen molar-refractivity contribution in [2.24, 2.45) is 5.92 Å². The van der Waals surface area contributed by atoms with Crippen LogP contribution < -0.4 is 5.32 Å². The molecule has 1 N–H and O–H groups in total. The van der Waals surface area contributed by atoms with E-state index in [1.807, 2.05) is 7.05 Å². The maximum absolute atomic E-state index is 12.4. The number of piperidine rings is 1. The van der Waals surface area contributed by atoms with E-state index >= 15 is 0 Å². The summed E-state index contributed by atoms with van der Waals surface area (Å²) in [4.78, 5) is 14.5. The minimum Gasteiger partial charge on any atom is -0.342 e. The largest absolute Gasteiger partial charge is 0.342 e. The molecule has 0 radical (unpaired) electrons. The Hall–Kier alpha value is -0.570. The van der Waals surface area contributed by atoms with Crippen LogP contribution in [0.1, 0.15) is 51.4 Å². The van der Waals surface area contributed by atoms with Gasteiger partial charge in [-0.3, -0.25) is 4.79 Å². The lowest BCUT2D eigenvalue weighted by Gasteiger charge is -2.32. The molecule has 2 aliphatic rings. The molecule has 1 heterocycles. The van der Waals surface area contributed by atoms with Crippen LogP contribution in [0.15, 0.2) is 0 Å². The van der Waals surface area contributed by atoms with Gasteiger partial charge in [0.25, 0.3) is 0 Å². The topological polar surface area (TPSA) is 32.3 Å². The molecule has 2 fully saturated rings. The first-order valence-corrected chi connectivity index (χ1v) is 7.26. The first kappa shape index (κ1) is 12.9. The molecule has 0 unspecified atom stereocenters. The molecule has 0 aromatic heterocycles. The Balaban J connectivity index is 1.88. The van der Waals surface area contributed by atoms with Crippen molar-refractivity contribution >= 4 is 5.91 Å². The second-order valence-electron chi connectivity index (χ2n) is 5.64. The first-order chi connectivity index (χ1) is 8.29. The first-order valence-electron chi connectivity index (χ1n) is 7.26. The van der Waals surface area contributed by atoms with Gasteiger partial charge in [0.1, 0.15) is 0 Å². The number of rotatable bonds is 2. The highest BCUT2D eigenvalue weighted by Gasteiger charge is 2.28. The average molecular weight is 238 g/mol. The van der Waals surface area contributed by atoms with E-state index in [9.17, 15) is 4.79 Å². The number of nitrogens with zero attached hydrogens (tertiary/aromatic N) is 1. The van der Waals surface area contributed by atoms with Crippen molar-refractivity contribution < 1.29 is 4.79 Å². The van der Waals surface area contributed by atoms with Crippen LogP contribution in [-0.2, 0) is 4.79 Å². The number of hydrogen-bond donors (Lipinski definition) is 1. The van der Waals surface area contributed by atoms with Crippen LogP contribution in [0, 0.1) is 5.92 Å². The van der Waals surface area contributed by atoms with Crippen molar-refractivity contribution in [1.29, 1.82) is 0 Å². The molecule has 0 bridgehead atoms. The van der Waals surface area contributed by atoms with Gasteiger partial charge in [-0.25, -0.2) is 0 Å². The van der Waals surface area contributed by atoms with E-state index < -0.39 is 0 Å². The molecule has 3 heteroatoms. The average Bonchev–Trinajstić information content (AvgIpc) is 2.67. The summed E-state index contributed by atoms with van der Waals surface area (Å²) < 4.78 is 0. The summed E-state index contributed by atoms with van der Waals surface area (Å²) in [5.74, 6) is 0.612. The van der Waals surface area contributed by atoms with Gasteiger partial charge in [-0.2, -0.15) is 0 Å². The molecule has 1 aliphatic heterocycles. The lowest BCUT2D eigenvalue weighted by Crippen LogP contribution is -2.45. The van der Waals surface area contributed by atoms with Crippen LogP contribution in [0.2, 0.25) is 0 Å². The molecule has 1 aliphatic carbocycles. The van der Waals surface area contributed by atoms with Crippen LogP contribution in [0.4, 0.5) is 0 Å². The fourth-order valence-corrected chi connectivity index (χ4v) is 3.18. The van der Waals surface area contributed by atoms with Gasteiger partial charge in [0, 0.05) is 19.6 Å². The quantitative estimate of drug-likeness (QED) is 0.748. The molecule has 98 valence electrons. The van der Waals surface area contributed by atoms with Crippen LogP contribution in [0.5, 0.6) is 0 Å². The molecule has 1 atom stereocenters. The van der Waals surface area contributed by atoms with Gasteiger partial charge >= 0.3 is 0 Å². The molecule has 0 aromatic rings. The summed E-state index contributed by atoms with van der Waals surface area (Å²) in [5.41, 5.74) is 0. The summed E-state index contributed by atoms with van der Waals surface area (Å²) in [6, 6.07) is 0.506. The van der Waals surface area contributed by atoms with Gasteiger partial charge in [-0.05, 0) is 32.2 Å². The van der Waals surface area contributed by atoms with E-state index in [1.54, 1.807) is 0 Å². The smallest absolute Gasteiger partial charge is 0.226 e. The zero-order valence-electron chi connectivity index (χ0n) is 11.1. The third-order valence-corrected chi connectivity index (χ3v) is 4.37. The number of hydrogen-bond acceptors (Lipinski definition) is 2. The van der Waals surface area contributed by atoms with Gasteiger partial charge in [0.15, 0.2) is 0 Å². The maximum Gasteiger partial charge on any atom is 0.226 e. The Labute approximate surface area is 105 Å². The zero-order chi connectivity index (χ0) is 12.1. The molecule has 17 heavy (non-hydrogen) atoms. The van der Waals surface area contributed by atoms with Crippen molar-refractivity contribution in [1.82, 2.24) is 10.2 Å². The Morgan fingerprint density at radius 1 is 1.06 bits per heavy atom. The van der Waals surface area contributed by atoms with Crippen molar-refractivity contribution in [3.63, 3.8) is 0 Å². The number of carbonyl (C=O) groups excluding carboxylic acids is 1. The molecule has 1 saturated heterocycles. The summed E-state index contributed by atoms with van der Waals surface area (Å²) in [6.07, 6.45) is 9.94. The Kier molecular flexibility index (Phi) is 4.84. The fraction of sp³-hybridized carbons (Fsp3) is 0.929. The molecule has 0 aromatic carbocycles. The molecule has 1 amide bonds. The summed E-state index contributed by atoms with van der Waals surface area (Å²) in [5, 5.41) is 3.34. The van der Waals surface area contributed by atoms with Crippen LogP contribution in [0.3, 0.4) is 0 Å². The van der Waals surface area contributed by atoms with E-state index in [0.717, 1.165) is 25.9 Å². The number of carbonyl (C=O) groups is 1. The van der Waals surface area contributed by atoms with Gasteiger partial charge in [0.2, 0.25) is 5.91 Å². The van der Waals surface area contributed by atoms with Gasteiger partial charge in [0.05, 0.1) is 5.92 Å². The monoisotopic (exact) mass is 238 g/mol. The number of amides is 1. The minimum absolute atomic E-state index is 0.233. The Morgan fingerprint density at radius 2 is 1.76 bits per heavy atom. The van der Waals surface area contributed by atoms with E-state index in [2.05, 4.69) is 10.2 Å². The summed E-state index contributed by atoms with van der Waals surface area (Å²) >= 11 is 0.